The van der Waals surface area contributed by atoms with Crippen molar-refractivity contribution in [1.82, 2.24) is 14.5 Å². The quantitative estimate of drug-likeness (QED) is 0.447. The summed E-state index contributed by atoms with van der Waals surface area (Å²) in [6.07, 6.45) is 1.86. The molecule has 0 saturated carbocycles. The SMILES string of the molecule is Cc1cccc(-c2nccc3c(C)c4c(cc23)c2cc(O)ccc2n4C)n1. The van der Waals surface area contributed by atoms with Gasteiger partial charge >= 0.3 is 0 Å². The second-order valence-corrected chi connectivity index (χ2v) is 7.08. The van der Waals surface area contributed by atoms with Crippen molar-refractivity contribution in [2.75, 3.05) is 0 Å². The molecule has 0 spiro atoms. The summed E-state index contributed by atoms with van der Waals surface area (Å²) >= 11 is 0. The van der Waals surface area contributed by atoms with E-state index in [9.17, 15) is 5.11 Å². The Morgan fingerprint density at radius 3 is 2.56 bits per heavy atom. The molecule has 5 aromatic rings. The van der Waals surface area contributed by atoms with Crippen LogP contribution in [0.15, 0.2) is 54.7 Å². The maximum atomic E-state index is 10.0. The van der Waals surface area contributed by atoms with Gasteiger partial charge in [-0.15, -0.1) is 0 Å². The Hall–Kier alpha value is -3.40. The Labute approximate surface area is 156 Å². The molecule has 0 saturated heterocycles. The van der Waals surface area contributed by atoms with E-state index in [0.29, 0.717) is 0 Å². The molecule has 0 fully saturated rings. The third-order valence-electron chi connectivity index (χ3n) is 5.39. The van der Waals surface area contributed by atoms with Crippen molar-refractivity contribution in [2.45, 2.75) is 13.8 Å². The molecule has 0 aliphatic carbocycles. The third kappa shape index (κ3) is 2.23. The van der Waals surface area contributed by atoms with Gasteiger partial charge in [0.15, 0.2) is 0 Å². The highest BCUT2D eigenvalue weighted by Gasteiger charge is 2.16. The summed E-state index contributed by atoms with van der Waals surface area (Å²) in [5.41, 5.74) is 6.22. The lowest BCUT2D eigenvalue weighted by Gasteiger charge is -2.10. The zero-order valence-electron chi connectivity index (χ0n) is 15.5. The molecule has 0 atom stereocenters. The van der Waals surface area contributed by atoms with Gasteiger partial charge in [0.25, 0.3) is 0 Å². The normalized spacial score (nSPS) is 11.7. The molecular weight excluding hydrogens is 334 g/mol. The van der Waals surface area contributed by atoms with Crippen molar-refractivity contribution in [1.29, 1.82) is 0 Å². The van der Waals surface area contributed by atoms with E-state index < -0.39 is 0 Å². The summed E-state index contributed by atoms with van der Waals surface area (Å²) in [6.45, 7) is 4.14. The standard InChI is InChI=1S/C23H19N3O/c1-13-5-4-6-20(25-13)22-18-12-19-17-11-15(27)7-8-21(17)26(3)23(19)14(2)16(18)9-10-24-22/h4-12,27H,1-3H3. The van der Waals surface area contributed by atoms with Crippen LogP contribution in [0, 0.1) is 13.8 Å². The number of nitrogens with zero attached hydrogens (tertiary/aromatic N) is 3. The maximum Gasteiger partial charge on any atom is 0.116 e. The van der Waals surface area contributed by atoms with Gasteiger partial charge in [-0.05, 0) is 67.3 Å². The van der Waals surface area contributed by atoms with Crippen molar-refractivity contribution in [3.63, 3.8) is 0 Å². The number of aromatic hydroxyl groups is 1. The third-order valence-corrected chi connectivity index (χ3v) is 5.39. The first kappa shape index (κ1) is 15.8. The number of benzene rings is 2. The largest absolute Gasteiger partial charge is 0.508 e. The highest BCUT2D eigenvalue weighted by Crippen LogP contribution is 2.38. The smallest absolute Gasteiger partial charge is 0.116 e. The molecule has 5 rings (SSSR count). The van der Waals surface area contributed by atoms with Crippen LogP contribution in [0.4, 0.5) is 0 Å². The zero-order chi connectivity index (χ0) is 18.7. The van der Waals surface area contributed by atoms with Crippen LogP contribution in [0.25, 0.3) is 44.0 Å². The number of rotatable bonds is 1. The minimum Gasteiger partial charge on any atom is -0.508 e. The van der Waals surface area contributed by atoms with E-state index in [4.69, 9.17) is 0 Å². The Morgan fingerprint density at radius 1 is 0.889 bits per heavy atom. The van der Waals surface area contributed by atoms with Gasteiger partial charge in [-0.25, -0.2) is 0 Å². The topological polar surface area (TPSA) is 50.9 Å². The van der Waals surface area contributed by atoms with Crippen molar-refractivity contribution in [3.8, 4) is 17.1 Å². The van der Waals surface area contributed by atoms with Crippen LogP contribution in [0.1, 0.15) is 11.3 Å². The van der Waals surface area contributed by atoms with E-state index in [1.54, 1.807) is 6.07 Å². The van der Waals surface area contributed by atoms with Gasteiger partial charge in [0, 0.05) is 40.6 Å². The van der Waals surface area contributed by atoms with Crippen molar-refractivity contribution < 1.29 is 5.11 Å². The fourth-order valence-electron chi connectivity index (χ4n) is 4.16. The zero-order valence-corrected chi connectivity index (χ0v) is 15.5. The van der Waals surface area contributed by atoms with Crippen molar-refractivity contribution in [3.05, 3.63) is 66.0 Å². The molecule has 2 aromatic carbocycles. The second-order valence-electron chi connectivity index (χ2n) is 7.08. The molecule has 0 amide bonds. The lowest BCUT2D eigenvalue weighted by Crippen LogP contribution is -1.94. The Morgan fingerprint density at radius 2 is 1.74 bits per heavy atom. The van der Waals surface area contributed by atoms with Crippen LogP contribution < -0.4 is 0 Å². The molecule has 3 heterocycles. The number of hydrogen-bond donors (Lipinski definition) is 1. The molecule has 1 N–H and O–H groups in total. The molecule has 132 valence electrons. The van der Waals surface area contributed by atoms with Gasteiger partial charge in [-0.1, -0.05) is 6.07 Å². The predicted molar refractivity (Wildman–Crippen MR) is 110 cm³/mol. The number of aryl methyl sites for hydroxylation is 3. The summed E-state index contributed by atoms with van der Waals surface area (Å²) in [5.74, 6) is 0.277. The van der Waals surface area contributed by atoms with Crippen molar-refractivity contribution in [2.24, 2.45) is 7.05 Å². The van der Waals surface area contributed by atoms with Gasteiger partial charge < -0.3 is 9.67 Å². The molecule has 4 heteroatoms. The Bertz CT molecular complexity index is 1370. The summed E-state index contributed by atoms with van der Waals surface area (Å²) in [7, 11) is 2.07. The fourth-order valence-corrected chi connectivity index (χ4v) is 4.16. The van der Waals surface area contributed by atoms with Gasteiger partial charge in [0.2, 0.25) is 0 Å². The van der Waals surface area contributed by atoms with E-state index in [-0.39, 0.29) is 5.75 Å². The van der Waals surface area contributed by atoms with Gasteiger partial charge in [-0.3, -0.25) is 9.97 Å². The Kier molecular flexibility index (Phi) is 3.25. The molecule has 0 aliphatic rings. The molecule has 0 radical (unpaired) electrons. The average molecular weight is 353 g/mol. The van der Waals surface area contributed by atoms with Crippen LogP contribution in [0.3, 0.4) is 0 Å². The fraction of sp³-hybridized carbons (Fsp3) is 0.130. The minimum atomic E-state index is 0.277. The first-order valence-electron chi connectivity index (χ1n) is 8.98. The van der Waals surface area contributed by atoms with Crippen molar-refractivity contribution >= 4 is 32.6 Å². The molecule has 0 unspecified atom stereocenters. The summed E-state index contributed by atoms with van der Waals surface area (Å²) in [4.78, 5) is 9.33. The monoisotopic (exact) mass is 353 g/mol. The Balaban J connectivity index is 1.97. The molecule has 3 aromatic heterocycles. The van der Waals surface area contributed by atoms with Crippen LogP contribution >= 0.6 is 0 Å². The highest BCUT2D eigenvalue weighted by molar-refractivity contribution is 6.16. The van der Waals surface area contributed by atoms with Gasteiger partial charge in [0.05, 0.1) is 16.9 Å². The van der Waals surface area contributed by atoms with Gasteiger partial charge in [0.1, 0.15) is 5.75 Å². The number of fused-ring (bicyclic) bond motifs is 4. The molecule has 4 nitrogen and oxygen atoms in total. The lowest BCUT2D eigenvalue weighted by atomic mass is 9.99. The molecule has 0 bridgehead atoms. The maximum absolute atomic E-state index is 10.0. The summed E-state index contributed by atoms with van der Waals surface area (Å²) in [5, 5.41) is 14.4. The summed E-state index contributed by atoms with van der Waals surface area (Å²) in [6, 6.07) is 15.8. The first-order chi connectivity index (χ1) is 13.0. The number of phenols is 1. The number of hydrogen-bond acceptors (Lipinski definition) is 3. The second kappa shape index (κ2) is 5.55. The van der Waals surface area contributed by atoms with Crippen LogP contribution in [-0.4, -0.2) is 19.6 Å². The molecular formula is C23H19N3O. The van der Waals surface area contributed by atoms with Crippen LogP contribution in [0.2, 0.25) is 0 Å². The number of aromatic nitrogens is 3. The minimum absolute atomic E-state index is 0.277. The van der Waals surface area contributed by atoms with Gasteiger partial charge in [-0.2, -0.15) is 0 Å². The first-order valence-corrected chi connectivity index (χ1v) is 8.98. The summed E-state index contributed by atoms with van der Waals surface area (Å²) < 4.78 is 2.20. The van der Waals surface area contributed by atoms with E-state index in [0.717, 1.165) is 38.8 Å². The predicted octanol–water partition coefficient (Wildman–Crippen LogP) is 5.26. The highest BCUT2D eigenvalue weighted by atomic mass is 16.3. The van der Waals surface area contributed by atoms with Crippen LogP contribution in [-0.2, 0) is 7.05 Å². The average Bonchev–Trinajstić information content (AvgIpc) is 2.93. The number of pyridine rings is 2. The number of phenolic OH excluding ortho intramolecular Hbond substituents is 1. The van der Waals surface area contributed by atoms with Crippen LogP contribution in [0.5, 0.6) is 5.75 Å². The molecule has 27 heavy (non-hydrogen) atoms. The lowest BCUT2D eigenvalue weighted by molar-refractivity contribution is 0.476. The van der Waals surface area contributed by atoms with E-state index >= 15 is 0 Å². The van der Waals surface area contributed by atoms with E-state index in [1.165, 1.54) is 16.5 Å². The molecule has 0 aliphatic heterocycles. The van der Waals surface area contributed by atoms with E-state index in [2.05, 4.69) is 40.6 Å². The van der Waals surface area contributed by atoms with E-state index in [1.807, 2.05) is 43.5 Å².